The van der Waals surface area contributed by atoms with Crippen molar-refractivity contribution in [3.8, 4) is 11.1 Å². The smallest absolute Gasteiger partial charge is 0.430 e. The van der Waals surface area contributed by atoms with Gasteiger partial charge in [0, 0.05) is 94.4 Å². The highest BCUT2D eigenvalue weighted by molar-refractivity contribution is 5.95. The maximum Gasteiger partial charge on any atom is 0.430 e. The number of carbonyl (C=O) groups excluding carboxylic acids is 6. The fraction of sp³-hybridized carbons (Fsp3) is 0.455. The fourth-order valence-electron chi connectivity index (χ4n) is 14.1. The lowest BCUT2D eigenvalue weighted by Crippen LogP contribution is -2.54. The maximum atomic E-state index is 14.2. The van der Waals surface area contributed by atoms with E-state index in [9.17, 15) is 67.9 Å². The number of nitrogens with one attached hydrogen (secondary N) is 2. The molecule has 6 aromatic rings. The van der Waals surface area contributed by atoms with Crippen LogP contribution in [0.25, 0.3) is 11.1 Å². The number of para-hydroxylation sites is 1. The summed E-state index contributed by atoms with van der Waals surface area (Å²) >= 11 is 0. The summed E-state index contributed by atoms with van der Waals surface area (Å²) in [4.78, 5) is 84.1. The van der Waals surface area contributed by atoms with Gasteiger partial charge in [-0.15, -0.1) is 0 Å². The van der Waals surface area contributed by atoms with Crippen LogP contribution in [0.1, 0.15) is 113 Å². The zero-order valence-corrected chi connectivity index (χ0v) is 59.0. The Balaban J connectivity index is 0.00000173. The summed E-state index contributed by atoms with van der Waals surface area (Å²) in [5.74, 6) is -4.82. The first-order valence-electron chi connectivity index (χ1n) is 35.0. The molecule has 4 aliphatic rings. The van der Waals surface area contributed by atoms with E-state index in [-0.39, 0.29) is 55.6 Å². The average Bonchev–Trinajstić information content (AvgIpc) is 1.60. The number of fused-ring (bicyclic) bond motifs is 2. The van der Waals surface area contributed by atoms with Gasteiger partial charge in [0.15, 0.2) is 0 Å². The number of alkyl halides is 9. The molecule has 28 heteroatoms. The number of unbranched alkanes of at least 4 members (excludes halogenated alkanes) is 2. The molecule has 105 heavy (non-hydrogen) atoms. The van der Waals surface area contributed by atoms with Crippen molar-refractivity contribution in [2.24, 2.45) is 0 Å². The van der Waals surface area contributed by atoms with Gasteiger partial charge in [0.05, 0.1) is 62.7 Å². The Morgan fingerprint density at radius 2 is 1.30 bits per heavy atom. The van der Waals surface area contributed by atoms with Gasteiger partial charge < -0.3 is 58.4 Å². The Bertz CT molecular complexity index is 3910. The molecule has 0 saturated carbocycles. The number of carboxylic acids is 1. The predicted molar refractivity (Wildman–Crippen MR) is 370 cm³/mol. The summed E-state index contributed by atoms with van der Waals surface area (Å²) in [7, 11) is 7.53. The maximum absolute atomic E-state index is 14.2. The molecule has 2 N–H and O–H groups in total. The zero-order chi connectivity index (χ0) is 75.9. The summed E-state index contributed by atoms with van der Waals surface area (Å²) in [6, 6.07) is 39.3. The van der Waals surface area contributed by atoms with Crippen molar-refractivity contribution >= 4 is 47.1 Å². The van der Waals surface area contributed by atoms with Crippen molar-refractivity contribution in [3.63, 3.8) is 0 Å². The number of hydrogen-bond acceptors (Lipinski definition) is 12. The predicted octanol–water partition coefficient (Wildman–Crippen LogP) is 12.4. The monoisotopic (exact) mass is 1470 g/mol. The number of halogens is 10. The quantitative estimate of drug-likeness (QED) is 0.0297. The molecule has 3 saturated heterocycles. The molecule has 0 radical (unpaired) electrons. The van der Waals surface area contributed by atoms with E-state index < -0.39 is 76.8 Å². The topological polar surface area (TPSA) is 193 Å². The lowest BCUT2D eigenvalue weighted by Gasteiger charge is -2.44. The normalized spacial score (nSPS) is 19.4. The van der Waals surface area contributed by atoms with Crippen LogP contribution in [0.4, 0.5) is 60.1 Å². The standard InChI is InChI=1S/C75H87F7N8O8.C2HF3O2/c1-85(37-15-38-87(3)69(93)54-23-29-61(30-24-54)83-36-14-6-9-22-67(91)86(2)42-45-90(4)43-31-62(32-44-90)98-71(95)84-65-21-13-11-19-63(65)53-16-7-5-8-17-53)68(92)50-96-66-48-55-18-10-12-20-64(55)72(66)33-39-88(40-34-72)41-35-73(57-25-27-60(76)28-26-57)51-89(52-97-73)70(94)56-46-58(74(77,78)79)49-59(47-56)75(80,81)82;3-2(4,5)1(6)7/h5,7-8,10-13,16-21,23-30,46-47,49,62,66H,6,9,14-15,22,31-45,48,50-52H2,1-4H3,(H-,83,84,93,95);(H,6,7)/t62?,66-,73-,90?;/m0./s1. The third kappa shape index (κ3) is 21.3. The summed E-state index contributed by atoms with van der Waals surface area (Å²) in [6.45, 7) is 5.55. The van der Waals surface area contributed by atoms with Gasteiger partial charge in [0.2, 0.25) is 11.8 Å². The minimum Gasteiger partial charge on any atom is -0.542 e. The second-order valence-electron chi connectivity index (χ2n) is 27.7. The number of quaternary nitrogens is 1. The molecule has 5 amide bonds. The number of rotatable bonds is 26. The minimum absolute atomic E-state index is 0.0282. The van der Waals surface area contributed by atoms with E-state index in [4.69, 9.17) is 24.1 Å². The SMILES string of the molecule is CN(CC[N+]1(C)CCC(OC(=O)Nc2ccccc2-c2ccccc2)CC1)C(=O)CCCCCNc1ccc(C(=O)N(C)CCCN(C)C(=O)CO[C@H]2Cc3ccccc3C23CCN(CC[C@@]2(c4ccc(F)cc4)CN(C(=O)c4cc(C(F)(F)F)cc(C(F)(F)F)c4)CO2)CC3)cc1.O=C([O-])C(F)(F)F. The number of likely N-dealkylation sites (tertiary alicyclic amines) is 2. The van der Waals surface area contributed by atoms with Crippen molar-refractivity contribution in [1.82, 2.24) is 24.5 Å². The number of amides is 5. The molecule has 10 rings (SSSR count). The number of hydrogen-bond donors (Lipinski definition) is 2. The Morgan fingerprint density at radius 3 is 1.94 bits per heavy atom. The van der Waals surface area contributed by atoms with E-state index in [2.05, 4.69) is 34.7 Å². The number of nitrogens with zero attached hydrogens (tertiary/aromatic N) is 6. The van der Waals surface area contributed by atoms with Gasteiger partial charge in [-0.2, -0.15) is 39.5 Å². The third-order valence-electron chi connectivity index (χ3n) is 20.4. The number of anilines is 2. The van der Waals surface area contributed by atoms with Gasteiger partial charge >= 0.3 is 24.6 Å². The molecule has 0 unspecified atom stereocenters. The average molecular weight is 1480 g/mol. The van der Waals surface area contributed by atoms with Crippen LogP contribution in [-0.4, -0.2) is 197 Å². The first-order chi connectivity index (χ1) is 49.7. The van der Waals surface area contributed by atoms with E-state index in [1.165, 1.54) is 24.3 Å². The van der Waals surface area contributed by atoms with Crippen LogP contribution >= 0.6 is 0 Å². The molecule has 6 aromatic carbocycles. The molecule has 1 aliphatic carbocycles. The molecule has 2 atom stereocenters. The van der Waals surface area contributed by atoms with Crippen molar-refractivity contribution in [2.45, 2.75) is 112 Å². The molecular formula is C77H88F10N8O10. The number of carboxylic acid groups (broad SMARTS) is 1. The molecular weight excluding hydrogens is 1390 g/mol. The van der Waals surface area contributed by atoms with E-state index in [1.54, 1.807) is 36.0 Å². The number of ether oxygens (including phenoxy) is 3. The Labute approximate surface area is 603 Å². The minimum atomic E-state index is -5.19. The van der Waals surface area contributed by atoms with Crippen LogP contribution in [0.15, 0.2) is 146 Å². The highest BCUT2D eigenvalue weighted by Crippen LogP contribution is 2.49. The first kappa shape index (κ1) is 80.0. The Kier molecular flexibility index (Phi) is 26.6. The number of aliphatic carboxylic acids is 1. The Hall–Kier alpha value is -9.12. The summed E-state index contributed by atoms with van der Waals surface area (Å²) in [5, 5.41) is 15.2. The van der Waals surface area contributed by atoms with Gasteiger partial charge in [-0.3, -0.25) is 24.5 Å². The van der Waals surface area contributed by atoms with Gasteiger partial charge in [-0.25, -0.2) is 9.18 Å². The van der Waals surface area contributed by atoms with Crippen LogP contribution in [0.5, 0.6) is 0 Å². The molecule has 0 aromatic heterocycles. The number of benzene rings is 6. The molecule has 1 spiro atoms. The highest BCUT2D eigenvalue weighted by Gasteiger charge is 2.51. The van der Waals surface area contributed by atoms with Crippen molar-refractivity contribution < 1.29 is 96.5 Å². The molecule has 3 fully saturated rings. The molecule has 0 bridgehead atoms. The Morgan fingerprint density at radius 1 is 0.686 bits per heavy atom. The van der Waals surface area contributed by atoms with Gasteiger partial charge in [-0.05, 0) is 141 Å². The van der Waals surface area contributed by atoms with Crippen LogP contribution in [0, 0.1) is 5.82 Å². The van der Waals surface area contributed by atoms with Crippen LogP contribution in [0.2, 0.25) is 0 Å². The first-order valence-corrected chi connectivity index (χ1v) is 35.0. The molecule has 18 nitrogen and oxygen atoms in total. The number of carbonyl (C=O) groups is 6. The molecule has 3 aliphatic heterocycles. The number of likely N-dealkylation sites (N-methyl/N-ethyl adjacent to an activating group) is 3. The number of piperidine rings is 2. The second kappa shape index (κ2) is 34.9. The highest BCUT2D eigenvalue weighted by atomic mass is 19.4. The van der Waals surface area contributed by atoms with Crippen LogP contribution < -0.4 is 15.7 Å². The molecule has 566 valence electrons. The van der Waals surface area contributed by atoms with Crippen LogP contribution in [0.3, 0.4) is 0 Å². The third-order valence-corrected chi connectivity index (χ3v) is 20.4. The van der Waals surface area contributed by atoms with E-state index >= 15 is 0 Å². The van der Waals surface area contributed by atoms with E-state index in [0.29, 0.717) is 100 Å². The van der Waals surface area contributed by atoms with Gasteiger partial charge in [-0.1, -0.05) is 91.3 Å². The summed E-state index contributed by atoms with van der Waals surface area (Å²) < 4.78 is 148. The second-order valence-corrected chi connectivity index (χ2v) is 27.7. The van der Waals surface area contributed by atoms with Crippen molar-refractivity contribution in [1.29, 1.82) is 0 Å². The van der Waals surface area contributed by atoms with Crippen LogP contribution in [-0.2, 0) is 58.4 Å². The molecule has 3 heterocycles. The summed E-state index contributed by atoms with van der Waals surface area (Å²) in [5.41, 5.74) is 1.19. The van der Waals surface area contributed by atoms with E-state index in [0.717, 1.165) is 95.6 Å². The zero-order valence-electron chi connectivity index (χ0n) is 59.0. The van der Waals surface area contributed by atoms with E-state index in [1.807, 2.05) is 90.8 Å². The largest absolute Gasteiger partial charge is 0.542 e. The van der Waals surface area contributed by atoms with Gasteiger partial charge in [0.25, 0.3) is 11.8 Å². The fourth-order valence-corrected chi connectivity index (χ4v) is 14.1. The lowest BCUT2D eigenvalue weighted by atomic mass is 9.72. The van der Waals surface area contributed by atoms with Crippen molar-refractivity contribution in [2.75, 3.05) is 124 Å². The van der Waals surface area contributed by atoms with Gasteiger partial charge in [0.1, 0.15) is 36.8 Å². The van der Waals surface area contributed by atoms with Crippen molar-refractivity contribution in [3.05, 3.63) is 190 Å². The lowest BCUT2D eigenvalue weighted by molar-refractivity contribution is -0.914. The summed E-state index contributed by atoms with van der Waals surface area (Å²) in [6.07, 6.45) is -9.15.